The monoisotopic (exact) mass is 405 g/mol. The maximum atomic E-state index is 13.0. The van der Waals surface area contributed by atoms with E-state index in [0.717, 1.165) is 5.52 Å². The molecule has 28 heavy (non-hydrogen) atoms. The number of carbonyl (C=O) groups excluding carboxylic acids is 1. The fraction of sp³-hybridized carbons (Fsp3) is 0.571. The van der Waals surface area contributed by atoms with Crippen molar-refractivity contribution in [1.29, 1.82) is 0 Å². The van der Waals surface area contributed by atoms with Gasteiger partial charge in [0.05, 0.1) is 23.2 Å². The van der Waals surface area contributed by atoms with Crippen molar-refractivity contribution in [3.8, 4) is 0 Å². The third-order valence-electron chi connectivity index (χ3n) is 4.87. The average molecular weight is 406 g/mol. The molecule has 1 saturated heterocycles. The van der Waals surface area contributed by atoms with Crippen molar-refractivity contribution in [2.24, 2.45) is 5.92 Å². The summed E-state index contributed by atoms with van der Waals surface area (Å²) in [4.78, 5) is 32.0. The first-order valence-corrected chi connectivity index (χ1v) is 10.2. The topological polar surface area (TPSA) is 64.4 Å². The second-order valence-corrected chi connectivity index (χ2v) is 8.49. The molecule has 0 aliphatic carbocycles. The zero-order valence-corrected chi connectivity index (χ0v) is 17.7. The van der Waals surface area contributed by atoms with Gasteiger partial charge in [0.25, 0.3) is 5.56 Å². The van der Waals surface area contributed by atoms with Crippen LogP contribution in [0.15, 0.2) is 23.0 Å². The Hall–Kier alpha value is -1.92. The van der Waals surface area contributed by atoms with Gasteiger partial charge in [0, 0.05) is 37.5 Å². The van der Waals surface area contributed by atoms with E-state index < -0.39 is 0 Å². The number of carbonyl (C=O) groups is 1. The van der Waals surface area contributed by atoms with Crippen molar-refractivity contribution in [2.75, 3.05) is 13.1 Å². The van der Waals surface area contributed by atoms with Crippen LogP contribution in [0.2, 0.25) is 5.02 Å². The fourth-order valence-corrected chi connectivity index (χ4v) is 3.91. The molecule has 0 saturated carbocycles. The molecule has 2 heterocycles. The number of amides is 1. The summed E-state index contributed by atoms with van der Waals surface area (Å²) < 4.78 is 7.44. The number of ether oxygens (including phenoxy) is 1. The predicted octanol–water partition coefficient (Wildman–Crippen LogP) is 3.27. The number of morpholine rings is 1. The molecule has 2 atom stereocenters. The van der Waals surface area contributed by atoms with E-state index in [1.165, 1.54) is 0 Å². The molecule has 3 rings (SSSR count). The van der Waals surface area contributed by atoms with E-state index in [2.05, 4.69) is 18.8 Å². The minimum absolute atomic E-state index is 0.0249. The molecule has 1 aliphatic heterocycles. The van der Waals surface area contributed by atoms with Crippen LogP contribution in [0.1, 0.15) is 39.8 Å². The van der Waals surface area contributed by atoms with Crippen LogP contribution in [0.3, 0.4) is 0 Å². The lowest BCUT2D eigenvalue weighted by Gasteiger charge is -2.35. The van der Waals surface area contributed by atoms with E-state index in [1.807, 2.05) is 24.8 Å². The van der Waals surface area contributed by atoms with Gasteiger partial charge in [0.15, 0.2) is 0 Å². The van der Waals surface area contributed by atoms with Crippen molar-refractivity contribution in [1.82, 2.24) is 14.5 Å². The van der Waals surface area contributed by atoms with Crippen molar-refractivity contribution in [2.45, 2.75) is 59.3 Å². The quantitative estimate of drug-likeness (QED) is 0.765. The number of aryl methyl sites for hydroxylation is 1. The summed E-state index contributed by atoms with van der Waals surface area (Å²) in [6.07, 6.45) is 0.627. The zero-order valence-electron chi connectivity index (χ0n) is 16.9. The minimum Gasteiger partial charge on any atom is -0.372 e. The SMILES string of the molecule is CC(C)Cn1c(=O)c(CCC(=O)N2C[C@@H](C)O[C@@H](C)C2)nc2cc(Cl)ccc21. The Morgan fingerprint density at radius 1 is 1.29 bits per heavy atom. The van der Waals surface area contributed by atoms with E-state index in [-0.39, 0.29) is 30.1 Å². The number of hydrogen-bond acceptors (Lipinski definition) is 4. The Balaban J connectivity index is 1.85. The zero-order chi connectivity index (χ0) is 20.4. The molecule has 2 aromatic rings. The summed E-state index contributed by atoms with van der Waals surface area (Å²) in [5.41, 5.74) is 1.75. The van der Waals surface area contributed by atoms with Gasteiger partial charge in [0.2, 0.25) is 5.91 Å². The highest BCUT2D eigenvalue weighted by atomic mass is 35.5. The molecule has 0 bridgehead atoms. The van der Waals surface area contributed by atoms with Gasteiger partial charge in [-0.15, -0.1) is 0 Å². The van der Waals surface area contributed by atoms with Gasteiger partial charge in [-0.25, -0.2) is 4.98 Å². The first kappa shape index (κ1) is 20.8. The third-order valence-corrected chi connectivity index (χ3v) is 5.11. The largest absolute Gasteiger partial charge is 0.372 e. The van der Waals surface area contributed by atoms with Gasteiger partial charge in [-0.3, -0.25) is 9.59 Å². The van der Waals surface area contributed by atoms with Gasteiger partial charge in [-0.05, 0) is 38.0 Å². The first-order chi connectivity index (χ1) is 13.2. The highest BCUT2D eigenvalue weighted by Gasteiger charge is 2.26. The fourth-order valence-electron chi connectivity index (χ4n) is 3.75. The Morgan fingerprint density at radius 2 is 1.96 bits per heavy atom. The predicted molar refractivity (Wildman–Crippen MR) is 111 cm³/mol. The molecule has 7 heteroatoms. The van der Waals surface area contributed by atoms with Gasteiger partial charge in [-0.1, -0.05) is 25.4 Å². The van der Waals surface area contributed by atoms with Crippen LogP contribution in [-0.4, -0.2) is 45.7 Å². The molecule has 6 nitrogen and oxygen atoms in total. The molecule has 0 radical (unpaired) electrons. The van der Waals surface area contributed by atoms with E-state index in [0.29, 0.717) is 48.2 Å². The number of fused-ring (bicyclic) bond motifs is 1. The van der Waals surface area contributed by atoms with Crippen molar-refractivity contribution < 1.29 is 9.53 Å². The van der Waals surface area contributed by atoms with Crippen LogP contribution >= 0.6 is 11.6 Å². The lowest BCUT2D eigenvalue weighted by atomic mass is 10.1. The molecular formula is C21H28ClN3O3. The summed E-state index contributed by atoms with van der Waals surface area (Å²) in [5.74, 6) is 0.342. The number of hydrogen-bond donors (Lipinski definition) is 0. The highest BCUT2D eigenvalue weighted by Crippen LogP contribution is 2.18. The van der Waals surface area contributed by atoms with Crippen molar-refractivity contribution >= 4 is 28.5 Å². The van der Waals surface area contributed by atoms with Crippen molar-refractivity contribution in [3.63, 3.8) is 0 Å². The number of benzene rings is 1. The second-order valence-electron chi connectivity index (χ2n) is 8.06. The summed E-state index contributed by atoms with van der Waals surface area (Å²) >= 11 is 6.13. The van der Waals surface area contributed by atoms with Crippen LogP contribution in [0.4, 0.5) is 0 Å². The number of aromatic nitrogens is 2. The molecule has 1 aromatic heterocycles. The second kappa shape index (κ2) is 8.62. The van der Waals surface area contributed by atoms with Gasteiger partial charge in [-0.2, -0.15) is 0 Å². The summed E-state index contributed by atoms with van der Waals surface area (Å²) in [7, 11) is 0. The summed E-state index contributed by atoms with van der Waals surface area (Å²) in [6, 6.07) is 5.37. The molecule has 0 N–H and O–H groups in total. The lowest BCUT2D eigenvalue weighted by molar-refractivity contribution is -0.143. The van der Waals surface area contributed by atoms with Crippen molar-refractivity contribution in [3.05, 3.63) is 39.3 Å². The maximum absolute atomic E-state index is 13.0. The summed E-state index contributed by atoms with van der Waals surface area (Å²) in [6.45, 7) is 9.84. The van der Waals surface area contributed by atoms with Crippen LogP contribution in [-0.2, 0) is 22.5 Å². The molecular weight excluding hydrogens is 378 g/mol. The Kier molecular flexibility index (Phi) is 6.40. The van der Waals surface area contributed by atoms with Crippen LogP contribution in [0, 0.1) is 5.92 Å². The minimum atomic E-state index is -0.125. The van der Waals surface area contributed by atoms with E-state index >= 15 is 0 Å². The van der Waals surface area contributed by atoms with Gasteiger partial charge < -0.3 is 14.2 Å². The van der Waals surface area contributed by atoms with Gasteiger partial charge in [0.1, 0.15) is 5.69 Å². The van der Waals surface area contributed by atoms with E-state index in [4.69, 9.17) is 16.3 Å². The van der Waals surface area contributed by atoms with Crippen LogP contribution < -0.4 is 5.56 Å². The summed E-state index contributed by atoms with van der Waals surface area (Å²) in [5, 5.41) is 0.577. The molecule has 0 spiro atoms. The molecule has 1 amide bonds. The molecule has 0 unspecified atom stereocenters. The van der Waals surface area contributed by atoms with E-state index in [9.17, 15) is 9.59 Å². The standard InChI is InChI=1S/C21H28ClN3O3/c1-13(2)10-25-19-7-5-16(22)9-18(19)23-17(21(25)27)6-8-20(26)24-11-14(3)28-15(4)12-24/h5,7,9,13-15H,6,8,10-12H2,1-4H3/t14-,15+. The van der Waals surface area contributed by atoms with Crippen LogP contribution in [0.5, 0.6) is 0 Å². The molecule has 1 aliphatic rings. The molecule has 1 aromatic carbocycles. The maximum Gasteiger partial charge on any atom is 0.272 e. The highest BCUT2D eigenvalue weighted by molar-refractivity contribution is 6.31. The Morgan fingerprint density at radius 3 is 2.61 bits per heavy atom. The number of nitrogens with zero attached hydrogens (tertiary/aromatic N) is 3. The lowest BCUT2D eigenvalue weighted by Crippen LogP contribution is -2.48. The normalized spacial score (nSPS) is 20.1. The molecule has 152 valence electrons. The van der Waals surface area contributed by atoms with Crippen LogP contribution in [0.25, 0.3) is 11.0 Å². The number of halogens is 1. The van der Waals surface area contributed by atoms with Gasteiger partial charge >= 0.3 is 0 Å². The molecule has 1 fully saturated rings. The smallest absolute Gasteiger partial charge is 0.272 e. The van der Waals surface area contributed by atoms with E-state index in [1.54, 1.807) is 16.7 Å². The average Bonchev–Trinajstić information content (AvgIpc) is 2.61. The third kappa shape index (κ3) is 4.73. The Labute approximate surface area is 170 Å². The first-order valence-electron chi connectivity index (χ1n) is 9.86. The Bertz CT molecular complexity index is 915. The number of rotatable bonds is 5.